The summed E-state index contributed by atoms with van der Waals surface area (Å²) >= 11 is 0. The van der Waals surface area contributed by atoms with Gasteiger partial charge in [0.05, 0.1) is 6.61 Å². The minimum absolute atomic E-state index is 0.536. The van der Waals surface area contributed by atoms with Crippen LogP contribution in [-0.4, -0.2) is 19.3 Å². The van der Waals surface area contributed by atoms with Gasteiger partial charge in [0.25, 0.3) is 0 Å². The Bertz CT molecular complexity index is 384. The summed E-state index contributed by atoms with van der Waals surface area (Å²) in [5, 5.41) is 3.77. The Kier molecular flexibility index (Phi) is 3.17. The van der Waals surface area contributed by atoms with Gasteiger partial charge in [-0.2, -0.15) is 0 Å². The Labute approximate surface area is 103 Å². The fourth-order valence-electron chi connectivity index (χ4n) is 3.13. The molecule has 1 aromatic rings. The topological polar surface area (TPSA) is 21.3 Å². The van der Waals surface area contributed by atoms with Gasteiger partial charge in [-0.3, -0.25) is 0 Å². The van der Waals surface area contributed by atoms with Crippen molar-refractivity contribution in [2.75, 3.05) is 13.2 Å². The maximum Gasteiger partial charge on any atom is 0.0620 e. The van der Waals surface area contributed by atoms with E-state index in [9.17, 15) is 0 Å². The number of hydrogen-bond acceptors (Lipinski definition) is 2. The molecule has 1 aliphatic carbocycles. The van der Waals surface area contributed by atoms with Crippen LogP contribution in [-0.2, 0) is 4.74 Å². The summed E-state index contributed by atoms with van der Waals surface area (Å²) in [4.78, 5) is 0. The van der Waals surface area contributed by atoms with Gasteiger partial charge in [0.15, 0.2) is 0 Å². The second-order valence-corrected chi connectivity index (χ2v) is 5.39. The van der Waals surface area contributed by atoms with Crippen LogP contribution in [0.25, 0.3) is 0 Å². The lowest BCUT2D eigenvalue weighted by Crippen LogP contribution is -2.35. The number of nitrogens with one attached hydrogen (secondary N) is 1. The summed E-state index contributed by atoms with van der Waals surface area (Å²) in [7, 11) is 0. The zero-order chi connectivity index (χ0) is 11.7. The van der Waals surface area contributed by atoms with E-state index in [-0.39, 0.29) is 0 Å². The predicted molar refractivity (Wildman–Crippen MR) is 69.2 cm³/mol. The molecule has 0 bridgehead atoms. The van der Waals surface area contributed by atoms with Crippen molar-refractivity contribution >= 4 is 0 Å². The summed E-state index contributed by atoms with van der Waals surface area (Å²) in [5.74, 6) is 0.712. The van der Waals surface area contributed by atoms with E-state index in [1.807, 2.05) is 0 Å². The van der Waals surface area contributed by atoms with Crippen molar-refractivity contribution in [3.05, 3.63) is 35.4 Å². The Balaban J connectivity index is 1.79. The Morgan fingerprint density at radius 1 is 1.12 bits per heavy atom. The first-order chi connectivity index (χ1) is 8.34. The maximum absolute atomic E-state index is 5.45. The highest BCUT2D eigenvalue weighted by atomic mass is 16.5. The fourth-order valence-corrected chi connectivity index (χ4v) is 3.13. The van der Waals surface area contributed by atoms with Gasteiger partial charge in [0, 0.05) is 18.7 Å². The van der Waals surface area contributed by atoms with Gasteiger partial charge in [-0.1, -0.05) is 31.2 Å². The summed E-state index contributed by atoms with van der Waals surface area (Å²) in [5.41, 5.74) is 3.05. The van der Waals surface area contributed by atoms with Crippen LogP contribution in [0.3, 0.4) is 0 Å². The zero-order valence-corrected chi connectivity index (χ0v) is 10.5. The van der Waals surface area contributed by atoms with Crippen LogP contribution in [0.15, 0.2) is 24.3 Å². The van der Waals surface area contributed by atoms with Gasteiger partial charge in [0.2, 0.25) is 0 Å². The lowest BCUT2D eigenvalue weighted by atomic mass is 9.81. The molecular formula is C15H21NO. The predicted octanol–water partition coefficient (Wildman–Crippen LogP) is 3.00. The molecule has 0 amide bonds. The minimum atomic E-state index is 0.536. The fraction of sp³-hybridized carbons (Fsp3) is 0.600. The van der Waals surface area contributed by atoms with Gasteiger partial charge in [0.1, 0.15) is 0 Å². The summed E-state index contributed by atoms with van der Waals surface area (Å²) in [6.45, 7) is 4.14. The average molecular weight is 231 g/mol. The molecule has 2 aliphatic rings. The third-order valence-corrected chi connectivity index (χ3v) is 4.16. The Morgan fingerprint density at radius 2 is 1.94 bits per heavy atom. The molecule has 1 aromatic carbocycles. The molecule has 1 saturated heterocycles. The zero-order valence-electron chi connectivity index (χ0n) is 10.5. The number of fused-ring (bicyclic) bond motifs is 1. The van der Waals surface area contributed by atoms with E-state index in [0.717, 1.165) is 19.6 Å². The lowest BCUT2D eigenvalue weighted by molar-refractivity contribution is 0.187. The number of rotatable bonds is 2. The molecule has 1 aliphatic heterocycles. The molecule has 0 radical (unpaired) electrons. The molecule has 3 rings (SSSR count). The molecule has 3 atom stereocenters. The van der Waals surface area contributed by atoms with Gasteiger partial charge in [-0.05, 0) is 36.3 Å². The van der Waals surface area contributed by atoms with Crippen LogP contribution < -0.4 is 5.32 Å². The maximum atomic E-state index is 5.45. The Hall–Kier alpha value is -0.860. The van der Waals surface area contributed by atoms with Gasteiger partial charge < -0.3 is 10.1 Å². The van der Waals surface area contributed by atoms with Crippen LogP contribution in [0, 0.1) is 0 Å². The van der Waals surface area contributed by atoms with Crippen LogP contribution in [0.4, 0.5) is 0 Å². The van der Waals surface area contributed by atoms with Gasteiger partial charge >= 0.3 is 0 Å². The molecule has 1 fully saturated rings. The van der Waals surface area contributed by atoms with Crippen LogP contribution in [0.1, 0.15) is 49.3 Å². The molecule has 17 heavy (non-hydrogen) atoms. The molecule has 2 nitrogen and oxygen atoms in total. The number of benzene rings is 1. The van der Waals surface area contributed by atoms with E-state index < -0.39 is 0 Å². The SMILES string of the molecule is CC1CCC(NC2CCOC2)c2ccccc21. The third kappa shape index (κ3) is 2.24. The third-order valence-electron chi connectivity index (χ3n) is 4.16. The van der Waals surface area contributed by atoms with E-state index in [4.69, 9.17) is 4.74 Å². The van der Waals surface area contributed by atoms with E-state index >= 15 is 0 Å². The Morgan fingerprint density at radius 3 is 2.71 bits per heavy atom. The van der Waals surface area contributed by atoms with E-state index in [1.165, 1.54) is 24.0 Å². The molecular weight excluding hydrogens is 210 g/mol. The van der Waals surface area contributed by atoms with Gasteiger partial charge in [-0.15, -0.1) is 0 Å². The lowest BCUT2D eigenvalue weighted by Gasteiger charge is -2.32. The van der Waals surface area contributed by atoms with Crippen molar-refractivity contribution in [1.82, 2.24) is 5.32 Å². The standard InChI is InChI=1S/C15H21NO/c1-11-6-7-15(16-12-8-9-17-10-12)14-5-3-2-4-13(11)14/h2-5,11-12,15-16H,6-10H2,1H3. The highest BCUT2D eigenvalue weighted by Gasteiger charge is 2.27. The van der Waals surface area contributed by atoms with E-state index in [2.05, 4.69) is 36.5 Å². The normalized spacial score (nSPS) is 32.4. The van der Waals surface area contributed by atoms with Crippen molar-refractivity contribution in [3.8, 4) is 0 Å². The van der Waals surface area contributed by atoms with E-state index in [0.29, 0.717) is 18.0 Å². The van der Waals surface area contributed by atoms with Crippen molar-refractivity contribution in [3.63, 3.8) is 0 Å². The van der Waals surface area contributed by atoms with Crippen molar-refractivity contribution in [1.29, 1.82) is 0 Å². The van der Waals surface area contributed by atoms with Gasteiger partial charge in [-0.25, -0.2) is 0 Å². The monoisotopic (exact) mass is 231 g/mol. The molecule has 3 unspecified atom stereocenters. The molecule has 92 valence electrons. The number of hydrogen-bond donors (Lipinski definition) is 1. The highest BCUT2D eigenvalue weighted by molar-refractivity contribution is 5.35. The quantitative estimate of drug-likeness (QED) is 0.845. The second-order valence-electron chi connectivity index (χ2n) is 5.39. The highest BCUT2D eigenvalue weighted by Crippen LogP contribution is 2.37. The summed E-state index contributed by atoms with van der Waals surface area (Å²) in [6.07, 6.45) is 3.71. The smallest absolute Gasteiger partial charge is 0.0620 e. The molecule has 0 aromatic heterocycles. The van der Waals surface area contributed by atoms with Crippen LogP contribution >= 0.6 is 0 Å². The van der Waals surface area contributed by atoms with Crippen molar-refractivity contribution < 1.29 is 4.74 Å². The summed E-state index contributed by atoms with van der Waals surface area (Å²) in [6, 6.07) is 10.0. The first-order valence-electron chi connectivity index (χ1n) is 6.77. The molecule has 1 N–H and O–H groups in total. The largest absolute Gasteiger partial charge is 0.380 e. The minimum Gasteiger partial charge on any atom is -0.380 e. The molecule has 1 heterocycles. The molecule has 0 saturated carbocycles. The van der Waals surface area contributed by atoms with Crippen LogP contribution in [0.2, 0.25) is 0 Å². The van der Waals surface area contributed by atoms with Crippen molar-refractivity contribution in [2.45, 2.75) is 44.2 Å². The first-order valence-corrected chi connectivity index (χ1v) is 6.77. The van der Waals surface area contributed by atoms with Crippen molar-refractivity contribution in [2.24, 2.45) is 0 Å². The van der Waals surface area contributed by atoms with E-state index in [1.54, 1.807) is 0 Å². The van der Waals surface area contributed by atoms with Crippen LogP contribution in [0.5, 0.6) is 0 Å². The molecule has 2 heteroatoms. The number of ether oxygens (including phenoxy) is 1. The second kappa shape index (κ2) is 4.79. The first kappa shape index (κ1) is 11.2. The molecule has 0 spiro atoms. The summed E-state index contributed by atoms with van der Waals surface area (Å²) < 4.78 is 5.45. The average Bonchev–Trinajstić information content (AvgIpc) is 2.86.